The van der Waals surface area contributed by atoms with E-state index in [1.807, 2.05) is 29.3 Å². The summed E-state index contributed by atoms with van der Waals surface area (Å²) >= 11 is 0. The third kappa shape index (κ3) is 4.79. The standard InChI is InChI=1S/C21H29N7O2/c1-2-22-21(24-16-17-6-8-23-19(15-17)28-9-4-7-25-28)27-12-10-26(11-13-27)20(29)18-5-3-14-30-18/h4,6-9,15,18H,2-3,5,10-14,16H2,1H3,(H,22,24). The molecule has 2 saturated heterocycles. The Morgan fingerprint density at radius 2 is 2.10 bits per heavy atom. The van der Waals surface area contributed by atoms with Crippen LogP contribution in [-0.2, 0) is 16.1 Å². The Morgan fingerprint density at radius 1 is 1.27 bits per heavy atom. The zero-order valence-electron chi connectivity index (χ0n) is 17.4. The molecule has 2 aliphatic heterocycles. The number of aliphatic imine (C=N–C) groups is 1. The van der Waals surface area contributed by atoms with Crippen LogP contribution in [0.3, 0.4) is 0 Å². The van der Waals surface area contributed by atoms with Crippen LogP contribution in [0, 0.1) is 0 Å². The Bertz CT molecular complexity index is 854. The third-order valence-corrected chi connectivity index (χ3v) is 5.39. The highest BCUT2D eigenvalue weighted by Crippen LogP contribution is 2.16. The first-order valence-electron chi connectivity index (χ1n) is 10.6. The van der Waals surface area contributed by atoms with Gasteiger partial charge < -0.3 is 19.9 Å². The van der Waals surface area contributed by atoms with E-state index in [2.05, 4.69) is 27.2 Å². The molecule has 0 bridgehead atoms. The lowest BCUT2D eigenvalue weighted by molar-refractivity contribution is -0.142. The van der Waals surface area contributed by atoms with E-state index in [4.69, 9.17) is 9.73 Å². The molecule has 2 aromatic rings. The van der Waals surface area contributed by atoms with Crippen molar-refractivity contribution in [2.75, 3.05) is 39.3 Å². The maximum atomic E-state index is 12.6. The Labute approximate surface area is 176 Å². The topological polar surface area (TPSA) is 87.9 Å². The molecule has 2 fully saturated rings. The van der Waals surface area contributed by atoms with Crippen LogP contribution >= 0.6 is 0 Å². The molecule has 0 aromatic carbocycles. The number of nitrogens with zero attached hydrogens (tertiary/aromatic N) is 6. The molecule has 4 rings (SSSR count). The lowest BCUT2D eigenvalue weighted by Crippen LogP contribution is -2.55. The summed E-state index contributed by atoms with van der Waals surface area (Å²) in [6, 6.07) is 5.84. The first kappa shape index (κ1) is 20.3. The highest BCUT2D eigenvalue weighted by Gasteiger charge is 2.30. The number of pyridine rings is 1. The molecule has 0 saturated carbocycles. The largest absolute Gasteiger partial charge is 0.368 e. The maximum Gasteiger partial charge on any atom is 0.251 e. The predicted octanol–water partition coefficient (Wildman–Crippen LogP) is 1.06. The monoisotopic (exact) mass is 411 g/mol. The number of hydrogen-bond acceptors (Lipinski definition) is 5. The van der Waals surface area contributed by atoms with Gasteiger partial charge in [-0.2, -0.15) is 5.10 Å². The van der Waals surface area contributed by atoms with E-state index in [1.54, 1.807) is 17.1 Å². The van der Waals surface area contributed by atoms with Gasteiger partial charge in [0, 0.05) is 57.9 Å². The Hall–Kier alpha value is -2.94. The van der Waals surface area contributed by atoms with E-state index in [1.165, 1.54) is 0 Å². The molecule has 2 aliphatic rings. The first-order valence-corrected chi connectivity index (χ1v) is 10.6. The van der Waals surface area contributed by atoms with Crippen molar-refractivity contribution in [2.45, 2.75) is 32.4 Å². The summed E-state index contributed by atoms with van der Waals surface area (Å²) in [6.07, 6.45) is 6.97. The summed E-state index contributed by atoms with van der Waals surface area (Å²) in [5.74, 6) is 1.79. The summed E-state index contributed by atoms with van der Waals surface area (Å²) in [5.41, 5.74) is 1.07. The molecule has 30 heavy (non-hydrogen) atoms. The van der Waals surface area contributed by atoms with Crippen LogP contribution in [0.2, 0.25) is 0 Å². The van der Waals surface area contributed by atoms with Crippen molar-refractivity contribution < 1.29 is 9.53 Å². The summed E-state index contributed by atoms with van der Waals surface area (Å²) in [6.45, 7) is 7.03. The molecule has 1 amide bonds. The molecule has 0 radical (unpaired) electrons. The Kier molecular flexibility index (Phi) is 6.58. The van der Waals surface area contributed by atoms with Crippen molar-refractivity contribution in [1.29, 1.82) is 0 Å². The molecule has 0 aliphatic carbocycles. The Morgan fingerprint density at radius 3 is 2.80 bits per heavy atom. The second kappa shape index (κ2) is 9.71. The van der Waals surface area contributed by atoms with Gasteiger partial charge in [0.05, 0.1) is 6.54 Å². The highest BCUT2D eigenvalue weighted by molar-refractivity contribution is 5.82. The van der Waals surface area contributed by atoms with Gasteiger partial charge >= 0.3 is 0 Å². The van der Waals surface area contributed by atoms with Crippen molar-refractivity contribution in [3.63, 3.8) is 0 Å². The average Bonchev–Trinajstić information content (AvgIpc) is 3.51. The lowest BCUT2D eigenvalue weighted by Gasteiger charge is -2.37. The van der Waals surface area contributed by atoms with E-state index in [9.17, 15) is 4.79 Å². The van der Waals surface area contributed by atoms with Crippen LogP contribution in [0.25, 0.3) is 5.82 Å². The van der Waals surface area contributed by atoms with Gasteiger partial charge in [-0.3, -0.25) is 4.79 Å². The number of hydrogen-bond donors (Lipinski definition) is 1. The van der Waals surface area contributed by atoms with E-state index in [0.29, 0.717) is 26.2 Å². The second-order valence-electron chi connectivity index (χ2n) is 7.46. The highest BCUT2D eigenvalue weighted by atomic mass is 16.5. The van der Waals surface area contributed by atoms with Gasteiger partial charge in [0.25, 0.3) is 5.91 Å². The van der Waals surface area contributed by atoms with Crippen molar-refractivity contribution >= 4 is 11.9 Å². The summed E-state index contributed by atoms with van der Waals surface area (Å²) < 4.78 is 7.29. The van der Waals surface area contributed by atoms with Gasteiger partial charge in [0.2, 0.25) is 0 Å². The van der Waals surface area contributed by atoms with Crippen LogP contribution in [0.1, 0.15) is 25.3 Å². The van der Waals surface area contributed by atoms with Crippen LogP contribution in [0.15, 0.2) is 41.8 Å². The summed E-state index contributed by atoms with van der Waals surface area (Å²) in [4.78, 5) is 25.9. The fraction of sp³-hybridized carbons (Fsp3) is 0.524. The zero-order chi connectivity index (χ0) is 20.8. The van der Waals surface area contributed by atoms with E-state index < -0.39 is 0 Å². The molecule has 0 spiro atoms. The fourth-order valence-corrected chi connectivity index (χ4v) is 3.80. The molecular weight excluding hydrogens is 382 g/mol. The van der Waals surface area contributed by atoms with E-state index in [0.717, 1.165) is 49.8 Å². The lowest BCUT2D eigenvalue weighted by atomic mass is 10.2. The third-order valence-electron chi connectivity index (χ3n) is 5.39. The van der Waals surface area contributed by atoms with Gasteiger partial charge in [0.15, 0.2) is 11.8 Å². The second-order valence-corrected chi connectivity index (χ2v) is 7.46. The molecule has 1 N–H and O–H groups in total. The molecule has 4 heterocycles. The van der Waals surface area contributed by atoms with Gasteiger partial charge in [0.1, 0.15) is 6.10 Å². The number of amides is 1. The van der Waals surface area contributed by atoms with Crippen molar-refractivity contribution in [2.24, 2.45) is 4.99 Å². The molecule has 1 unspecified atom stereocenters. The molecule has 160 valence electrons. The molecule has 9 nitrogen and oxygen atoms in total. The minimum atomic E-state index is -0.242. The van der Waals surface area contributed by atoms with Gasteiger partial charge in [-0.1, -0.05) is 0 Å². The Balaban J connectivity index is 1.37. The molecule has 9 heteroatoms. The molecule has 1 atom stereocenters. The quantitative estimate of drug-likeness (QED) is 0.585. The average molecular weight is 412 g/mol. The number of ether oxygens (including phenoxy) is 1. The minimum absolute atomic E-state index is 0.136. The van der Waals surface area contributed by atoms with Crippen molar-refractivity contribution in [3.8, 4) is 5.82 Å². The molecular formula is C21H29N7O2. The van der Waals surface area contributed by atoms with E-state index in [-0.39, 0.29) is 12.0 Å². The van der Waals surface area contributed by atoms with Gasteiger partial charge in [-0.25, -0.2) is 14.7 Å². The first-order chi connectivity index (χ1) is 14.7. The smallest absolute Gasteiger partial charge is 0.251 e. The van der Waals surface area contributed by atoms with Gasteiger partial charge in [-0.05, 0) is 43.5 Å². The van der Waals surface area contributed by atoms with Crippen molar-refractivity contribution in [3.05, 3.63) is 42.4 Å². The number of rotatable bonds is 5. The maximum absolute atomic E-state index is 12.6. The zero-order valence-corrected chi connectivity index (χ0v) is 17.4. The van der Waals surface area contributed by atoms with Crippen molar-refractivity contribution in [1.82, 2.24) is 29.9 Å². The number of carbonyl (C=O) groups excluding carboxylic acids is 1. The number of carbonyl (C=O) groups is 1. The number of nitrogens with one attached hydrogen (secondary N) is 1. The number of aromatic nitrogens is 3. The van der Waals surface area contributed by atoms with Crippen LogP contribution in [-0.4, -0.2) is 81.9 Å². The van der Waals surface area contributed by atoms with Crippen LogP contribution in [0.4, 0.5) is 0 Å². The summed E-state index contributed by atoms with van der Waals surface area (Å²) in [7, 11) is 0. The number of guanidine groups is 1. The summed E-state index contributed by atoms with van der Waals surface area (Å²) in [5, 5.41) is 7.61. The van der Waals surface area contributed by atoms with Crippen LogP contribution < -0.4 is 5.32 Å². The number of piperazine rings is 1. The SMILES string of the molecule is CCNC(=NCc1ccnc(-n2cccn2)c1)N1CCN(C(=O)C2CCCO2)CC1. The fourth-order valence-electron chi connectivity index (χ4n) is 3.80. The predicted molar refractivity (Wildman–Crippen MR) is 113 cm³/mol. The van der Waals surface area contributed by atoms with Crippen LogP contribution in [0.5, 0.6) is 0 Å². The van der Waals surface area contributed by atoms with Gasteiger partial charge in [-0.15, -0.1) is 0 Å². The normalized spacial score (nSPS) is 19.9. The minimum Gasteiger partial charge on any atom is -0.368 e. The molecule has 2 aromatic heterocycles. The van der Waals surface area contributed by atoms with E-state index >= 15 is 0 Å².